The Morgan fingerprint density at radius 2 is 1.57 bits per heavy atom. The maximum atomic E-state index is 13.1. The summed E-state index contributed by atoms with van der Waals surface area (Å²) in [5, 5.41) is 23.1. The first-order valence-electron chi connectivity index (χ1n) is 11.6. The van der Waals surface area contributed by atoms with E-state index in [0.29, 0.717) is 32.2 Å². The molecule has 14 heteroatoms. The molecule has 35 heavy (non-hydrogen) atoms. The minimum Gasteiger partial charge on any atom is -0.481 e. The molecule has 4 amide bonds. The summed E-state index contributed by atoms with van der Waals surface area (Å²) in [5.41, 5.74) is 16.4. The summed E-state index contributed by atoms with van der Waals surface area (Å²) in [6.45, 7) is 0.598. The molecule has 0 saturated carbocycles. The molecule has 1 fully saturated rings. The average molecular weight is 501 g/mol. The van der Waals surface area contributed by atoms with E-state index in [1.54, 1.807) is 0 Å². The topological polar surface area (TPSA) is 248 Å². The molecule has 10 N–H and O–H groups in total. The molecule has 0 radical (unpaired) electrons. The maximum absolute atomic E-state index is 13.1. The first kappa shape index (κ1) is 29.8. The lowest BCUT2D eigenvalue weighted by Crippen LogP contribution is -2.57. The molecule has 0 spiro atoms. The zero-order valence-electron chi connectivity index (χ0n) is 19.6. The lowest BCUT2D eigenvalue weighted by molar-refractivity contribution is -0.149. The number of nitrogens with two attached hydrogens (primary N) is 3. The Morgan fingerprint density at radius 3 is 2.14 bits per heavy atom. The molecule has 14 nitrogen and oxygen atoms in total. The number of aliphatic carboxylic acids is 2. The van der Waals surface area contributed by atoms with Gasteiger partial charge < -0.3 is 42.9 Å². The summed E-state index contributed by atoms with van der Waals surface area (Å²) in [5.74, 6) is -5.13. The van der Waals surface area contributed by atoms with Crippen LogP contribution in [0, 0.1) is 0 Å². The highest BCUT2D eigenvalue weighted by molar-refractivity contribution is 5.94. The number of rotatable bonds is 16. The summed E-state index contributed by atoms with van der Waals surface area (Å²) in [6.07, 6.45) is 1.11. The second kappa shape index (κ2) is 14.9. The van der Waals surface area contributed by atoms with E-state index in [9.17, 15) is 33.9 Å². The van der Waals surface area contributed by atoms with E-state index in [1.165, 1.54) is 4.90 Å². The number of primary amides is 1. The Hall–Kier alpha value is -3.26. The third kappa shape index (κ3) is 10.3. The molecule has 0 aromatic carbocycles. The fraction of sp³-hybridized carbons (Fsp3) is 0.714. The van der Waals surface area contributed by atoms with Crippen LogP contribution >= 0.6 is 0 Å². The van der Waals surface area contributed by atoms with Gasteiger partial charge in [-0.05, 0) is 51.5 Å². The summed E-state index contributed by atoms with van der Waals surface area (Å²) < 4.78 is 0. The summed E-state index contributed by atoms with van der Waals surface area (Å²) in [4.78, 5) is 73.3. The highest BCUT2D eigenvalue weighted by atomic mass is 16.4. The fourth-order valence-electron chi connectivity index (χ4n) is 3.75. The molecule has 0 aromatic rings. The Balaban J connectivity index is 2.99. The minimum atomic E-state index is -1.27. The molecule has 0 bridgehead atoms. The van der Waals surface area contributed by atoms with Crippen LogP contribution in [0.1, 0.15) is 57.8 Å². The van der Waals surface area contributed by atoms with E-state index in [1.807, 2.05) is 0 Å². The molecular weight excluding hydrogens is 464 g/mol. The number of nitrogens with zero attached hydrogens (tertiary/aromatic N) is 1. The van der Waals surface area contributed by atoms with Crippen LogP contribution in [-0.2, 0) is 28.8 Å². The van der Waals surface area contributed by atoms with Gasteiger partial charge in [0.05, 0.1) is 6.04 Å². The molecule has 1 aliphatic rings. The number of hydrogen-bond donors (Lipinski definition) is 7. The Morgan fingerprint density at radius 1 is 0.914 bits per heavy atom. The maximum Gasteiger partial charge on any atom is 0.326 e. The van der Waals surface area contributed by atoms with Gasteiger partial charge in [0.25, 0.3) is 0 Å². The monoisotopic (exact) mass is 500 g/mol. The smallest absolute Gasteiger partial charge is 0.326 e. The van der Waals surface area contributed by atoms with Gasteiger partial charge in [-0.25, -0.2) is 4.79 Å². The number of carbonyl (C=O) groups excluding carboxylic acids is 4. The molecule has 4 atom stereocenters. The Labute approximate surface area is 202 Å². The van der Waals surface area contributed by atoms with Gasteiger partial charge in [0.15, 0.2) is 0 Å². The van der Waals surface area contributed by atoms with E-state index in [4.69, 9.17) is 22.3 Å². The molecule has 0 aromatic heterocycles. The van der Waals surface area contributed by atoms with Crippen LogP contribution in [0.5, 0.6) is 0 Å². The molecule has 1 aliphatic heterocycles. The molecule has 4 unspecified atom stereocenters. The van der Waals surface area contributed by atoms with Crippen LogP contribution in [0.15, 0.2) is 0 Å². The van der Waals surface area contributed by atoms with Gasteiger partial charge in [-0.1, -0.05) is 0 Å². The van der Waals surface area contributed by atoms with Gasteiger partial charge in [0.1, 0.15) is 18.1 Å². The number of carboxylic acid groups (broad SMARTS) is 2. The van der Waals surface area contributed by atoms with Crippen LogP contribution in [0.3, 0.4) is 0 Å². The number of carbonyl (C=O) groups is 6. The first-order valence-corrected chi connectivity index (χ1v) is 11.6. The van der Waals surface area contributed by atoms with Crippen LogP contribution < -0.4 is 27.8 Å². The lowest BCUT2D eigenvalue weighted by atomic mass is 10.0. The van der Waals surface area contributed by atoms with E-state index in [-0.39, 0.29) is 38.6 Å². The Kier molecular flexibility index (Phi) is 12.7. The largest absolute Gasteiger partial charge is 0.481 e. The number of amides is 4. The van der Waals surface area contributed by atoms with Crippen molar-refractivity contribution in [1.29, 1.82) is 0 Å². The van der Waals surface area contributed by atoms with Gasteiger partial charge in [0.2, 0.25) is 23.6 Å². The standard InChI is InChI=1S/C21H36N6O8/c22-10-2-1-4-14(20(33)27-11-3-5-15(27)21(34)35)26-19(32)13(7-8-16(24)28)25-18(31)12(23)6-9-17(29)30/h12-15H,1-11,22-23H2,(H2,24,28)(H,25,31)(H,26,32)(H,29,30)(H,34,35). The van der Waals surface area contributed by atoms with Crippen LogP contribution in [0.2, 0.25) is 0 Å². The summed E-state index contributed by atoms with van der Waals surface area (Å²) >= 11 is 0. The Bertz CT molecular complexity index is 792. The lowest BCUT2D eigenvalue weighted by Gasteiger charge is -2.29. The SMILES string of the molecule is NCCCCC(NC(=O)C(CCC(N)=O)NC(=O)C(N)CCC(=O)O)C(=O)N1CCCC1C(=O)O. The second-order valence-electron chi connectivity index (χ2n) is 8.48. The van der Waals surface area contributed by atoms with Crippen LogP contribution in [0.4, 0.5) is 0 Å². The van der Waals surface area contributed by atoms with Gasteiger partial charge in [-0.2, -0.15) is 0 Å². The number of carboxylic acids is 2. The highest BCUT2D eigenvalue weighted by Crippen LogP contribution is 2.20. The molecule has 1 saturated heterocycles. The van der Waals surface area contributed by atoms with Crippen molar-refractivity contribution in [2.45, 2.75) is 82.0 Å². The second-order valence-corrected chi connectivity index (χ2v) is 8.48. The summed E-state index contributed by atoms with van der Waals surface area (Å²) in [6, 6.07) is -4.54. The zero-order chi connectivity index (χ0) is 26.5. The normalized spacial score (nSPS) is 17.8. The van der Waals surface area contributed by atoms with Gasteiger partial charge in [-0.15, -0.1) is 0 Å². The average Bonchev–Trinajstić information content (AvgIpc) is 3.29. The van der Waals surface area contributed by atoms with Crippen molar-refractivity contribution in [3.8, 4) is 0 Å². The van der Waals surface area contributed by atoms with Crippen molar-refractivity contribution < 1.29 is 39.0 Å². The van der Waals surface area contributed by atoms with Crippen LogP contribution in [-0.4, -0.2) is 87.9 Å². The number of unbranched alkanes of at least 4 members (excludes halogenated alkanes) is 1. The van der Waals surface area contributed by atoms with Gasteiger partial charge in [-0.3, -0.25) is 24.0 Å². The van der Waals surface area contributed by atoms with Crippen molar-refractivity contribution >= 4 is 35.6 Å². The molecule has 198 valence electrons. The summed E-state index contributed by atoms with van der Waals surface area (Å²) in [7, 11) is 0. The first-order chi connectivity index (χ1) is 16.5. The van der Waals surface area contributed by atoms with Crippen molar-refractivity contribution in [2.24, 2.45) is 17.2 Å². The van der Waals surface area contributed by atoms with E-state index in [2.05, 4.69) is 10.6 Å². The van der Waals surface area contributed by atoms with Gasteiger partial charge in [0, 0.05) is 19.4 Å². The third-order valence-corrected chi connectivity index (χ3v) is 5.70. The molecule has 1 heterocycles. The minimum absolute atomic E-state index is 0.170. The predicted octanol–water partition coefficient (Wildman–Crippen LogP) is -2.38. The predicted molar refractivity (Wildman–Crippen MR) is 122 cm³/mol. The van der Waals surface area contributed by atoms with Gasteiger partial charge >= 0.3 is 11.9 Å². The third-order valence-electron chi connectivity index (χ3n) is 5.70. The van der Waals surface area contributed by atoms with Crippen LogP contribution in [0.25, 0.3) is 0 Å². The number of nitrogens with one attached hydrogen (secondary N) is 2. The van der Waals surface area contributed by atoms with Crippen molar-refractivity contribution in [3.63, 3.8) is 0 Å². The fourth-order valence-corrected chi connectivity index (χ4v) is 3.75. The van der Waals surface area contributed by atoms with E-state index < -0.39 is 59.7 Å². The molecule has 0 aliphatic carbocycles. The molecular formula is C21H36N6O8. The van der Waals surface area contributed by atoms with Crippen molar-refractivity contribution in [2.75, 3.05) is 13.1 Å². The van der Waals surface area contributed by atoms with Crippen molar-refractivity contribution in [1.82, 2.24) is 15.5 Å². The highest BCUT2D eigenvalue weighted by Gasteiger charge is 2.38. The zero-order valence-corrected chi connectivity index (χ0v) is 19.6. The van der Waals surface area contributed by atoms with E-state index >= 15 is 0 Å². The van der Waals surface area contributed by atoms with E-state index in [0.717, 1.165) is 0 Å². The number of hydrogen-bond acceptors (Lipinski definition) is 8. The number of likely N-dealkylation sites (tertiary alicyclic amines) is 1. The van der Waals surface area contributed by atoms with Crippen molar-refractivity contribution in [3.05, 3.63) is 0 Å². The molecule has 1 rings (SSSR count). The quantitative estimate of drug-likeness (QED) is 0.111.